The zero-order valence-corrected chi connectivity index (χ0v) is 19.0. The molecule has 8 heteroatoms. The summed E-state index contributed by atoms with van der Waals surface area (Å²) in [4.78, 5) is 26.2. The molecular weight excluding hydrogens is 406 g/mol. The Morgan fingerprint density at radius 3 is 2.53 bits per heavy atom. The number of ether oxygens (including phenoxy) is 2. The Bertz CT molecular complexity index is 886. The van der Waals surface area contributed by atoms with Crippen LogP contribution >= 0.6 is 0 Å². The van der Waals surface area contributed by atoms with Gasteiger partial charge in [0.15, 0.2) is 11.5 Å². The molecule has 0 bridgehead atoms. The Morgan fingerprint density at radius 2 is 1.81 bits per heavy atom. The molecule has 0 radical (unpaired) electrons. The number of anilines is 1. The highest BCUT2D eigenvalue weighted by Crippen LogP contribution is 2.28. The van der Waals surface area contributed by atoms with Crippen LogP contribution < -0.4 is 19.7 Å². The summed E-state index contributed by atoms with van der Waals surface area (Å²) in [5.41, 5.74) is 1.20. The van der Waals surface area contributed by atoms with Gasteiger partial charge >= 0.3 is 0 Å². The fourth-order valence-corrected chi connectivity index (χ4v) is 4.62. The average Bonchev–Trinajstić information content (AvgIpc) is 2.85. The second kappa shape index (κ2) is 10.6. The molecule has 3 heterocycles. The number of piperidine rings is 2. The molecule has 2 aromatic rings. The van der Waals surface area contributed by atoms with Crippen LogP contribution in [0.3, 0.4) is 0 Å². The molecule has 2 fully saturated rings. The van der Waals surface area contributed by atoms with Crippen molar-refractivity contribution in [3.63, 3.8) is 0 Å². The van der Waals surface area contributed by atoms with Gasteiger partial charge in [-0.3, -0.25) is 9.69 Å². The number of aromatic nitrogens is 2. The Kier molecular flexibility index (Phi) is 7.42. The first kappa shape index (κ1) is 22.3. The highest BCUT2D eigenvalue weighted by molar-refractivity contribution is 5.79. The van der Waals surface area contributed by atoms with E-state index in [-0.39, 0.29) is 17.9 Å². The van der Waals surface area contributed by atoms with E-state index in [4.69, 9.17) is 9.47 Å². The minimum Gasteiger partial charge on any atom is -0.493 e. The van der Waals surface area contributed by atoms with E-state index in [1.165, 1.54) is 5.56 Å². The van der Waals surface area contributed by atoms with Crippen molar-refractivity contribution >= 4 is 11.9 Å². The van der Waals surface area contributed by atoms with E-state index in [0.717, 1.165) is 63.4 Å². The molecule has 1 unspecified atom stereocenters. The molecule has 1 N–H and O–H groups in total. The number of nitrogens with one attached hydrogen (secondary N) is 1. The molecule has 2 aliphatic heterocycles. The number of carbonyl (C=O) groups is 1. The normalized spacial score (nSPS) is 20.1. The number of nitrogens with zero attached hydrogens (tertiary/aromatic N) is 4. The monoisotopic (exact) mass is 439 g/mol. The molecule has 172 valence electrons. The summed E-state index contributed by atoms with van der Waals surface area (Å²) in [5, 5.41) is 3.31. The quantitative estimate of drug-likeness (QED) is 0.710. The first-order chi connectivity index (χ1) is 15.7. The molecule has 8 nitrogen and oxygen atoms in total. The van der Waals surface area contributed by atoms with Crippen LogP contribution in [0, 0.1) is 5.92 Å². The minimum absolute atomic E-state index is 0.00245. The number of amides is 1. The second-order valence-electron chi connectivity index (χ2n) is 8.58. The molecule has 1 amide bonds. The van der Waals surface area contributed by atoms with Crippen LogP contribution in [0.5, 0.6) is 11.5 Å². The summed E-state index contributed by atoms with van der Waals surface area (Å²) in [6, 6.07) is 8.13. The van der Waals surface area contributed by atoms with Crippen molar-refractivity contribution in [1.29, 1.82) is 0 Å². The van der Waals surface area contributed by atoms with Gasteiger partial charge in [-0.2, -0.15) is 0 Å². The lowest BCUT2D eigenvalue weighted by molar-refractivity contribution is -0.126. The van der Waals surface area contributed by atoms with Crippen LogP contribution in [-0.2, 0) is 11.3 Å². The van der Waals surface area contributed by atoms with Crippen LogP contribution in [0.15, 0.2) is 36.7 Å². The van der Waals surface area contributed by atoms with Crippen molar-refractivity contribution in [2.45, 2.75) is 38.3 Å². The molecule has 1 aromatic heterocycles. The fraction of sp³-hybridized carbons (Fsp3) is 0.542. The smallest absolute Gasteiger partial charge is 0.225 e. The Balaban J connectivity index is 1.24. The van der Waals surface area contributed by atoms with E-state index in [2.05, 4.69) is 31.2 Å². The largest absolute Gasteiger partial charge is 0.493 e. The number of hydrogen-bond donors (Lipinski definition) is 1. The summed E-state index contributed by atoms with van der Waals surface area (Å²) < 4.78 is 10.7. The number of rotatable bonds is 7. The zero-order chi connectivity index (χ0) is 22.3. The van der Waals surface area contributed by atoms with Crippen molar-refractivity contribution in [2.24, 2.45) is 5.92 Å². The molecule has 4 rings (SSSR count). The predicted molar refractivity (Wildman–Crippen MR) is 123 cm³/mol. The number of benzene rings is 1. The standard InChI is InChI=1S/C24H33N5O3/c1-31-21-7-6-18(15-22(21)32-2)16-28-13-8-20(9-14-28)27-23(30)19-5-3-12-29(17-19)24-25-10-4-11-26-24/h4,6-7,10-11,15,19-20H,3,5,8-9,12-14,16-17H2,1-2H3,(H,27,30). The van der Waals surface area contributed by atoms with Crippen molar-refractivity contribution < 1.29 is 14.3 Å². The van der Waals surface area contributed by atoms with E-state index in [1.807, 2.05) is 18.2 Å². The fourth-order valence-electron chi connectivity index (χ4n) is 4.62. The zero-order valence-electron chi connectivity index (χ0n) is 19.0. The summed E-state index contributed by atoms with van der Waals surface area (Å²) in [5.74, 6) is 2.39. The lowest BCUT2D eigenvalue weighted by Crippen LogP contribution is -2.49. The van der Waals surface area contributed by atoms with Crippen molar-refractivity contribution in [3.8, 4) is 11.5 Å². The molecule has 0 saturated carbocycles. The summed E-state index contributed by atoms with van der Waals surface area (Å²) in [6.45, 7) is 4.40. The van der Waals surface area contributed by atoms with Gasteiger partial charge in [0, 0.05) is 51.2 Å². The third-order valence-electron chi connectivity index (χ3n) is 6.42. The van der Waals surface area contributed by atoms with Crippen molar-refractivity contribution in [2.75, 3.05) is 45.3 Å². The number of hydrogen-bond acceptors (Lipinski definition) is 7. The van der Waals surface area contributed by atoms with Gasteiger partial charge in [0.25, 0.3) is 0 Å². The maximum absolute atomic E-state index is 12.9. The molecule has 0 spiro atoms. The number of carbonyl (C=O) groups excluding carboxylic acids is 1. The van der Waals surface area contributed by atoms with E-state index in [9.17, 15) is 4.79 Å². The molecule has 2 saturated heterocycles. The Morgan fingerprint density at radius 1 is 1.06 bits per heavy atom. The van der Waals surface area contributed by atoms with Crippen LogP contribution in [0.25, 0.3) is 0 Å². The van der Waals surface area contributed by atoms with Crippen molar-refractivity contribution in [3.05, 3.63) is 42.2 Å². The molecule has 0 aliphatic carbocycles. The maximum Gasteiger partial charge on any atom is 0.225 e. The Labute approximate surface area is 189 Å². The van der Waals surface area contributed by atoms with E-state index >= 15 is 0 Å². The summed E-state index contributed by atoms with van der Waals surface area (Å²) in [6.07, 6.45) is 7.35. The van der Waals surface area contributed by atoms with Gasteiger partial charge in [0.05, 0.1) is 20.1 Å². The van der Waals surface area contributed by atoms with Gasteiger partial charge in [-0.25, -0.2) is 9.97 Å². The third kappa shape index (κ3) is 5.48. The summed E-state index contributed by atoms with van der Waals surface area (Å²) >= 11 is 0. The van der Waals surface area contributed by atoms with Gasteiger partial charge in [-0.1, -0.05) is 6.07 Å². The van der Waals surface area contributed by atoms with Crippen LogP contribution in [0.4, 0.5) is 5.95 Å². The lowest BCUT2D eigenvalue weighted by atomic mass is 9.96. The first-order valence-corrected chi connectivity index (χ1v) is 11.4. The van der Waals surface area contributed by atoms with Crippen LogP contribution in [0.2, 0.25) is 0 Å². The van der Waals surface area contributed by atoms with Gasteiger partial charge < -0.3 is 19.7 Å². The second-order valence-corrected chi connectivity index (χ2v) is 8.58. The van der Waals surface area contributed by atoms with E-state index < -0.39 is 0 Å². The van der Waals surface area contributed by atoms with E-state index in [1.54, 1.807) is 26.6 Å². The molecule has 32 heavy (non-hydrogen) atoms. The Hall–Kier alpha value is -2.87. The van der Waals surface area contributed by atoms with Crippen molar-refractivity contribution in [1.82, 2.24) is 20.2 Å². The average molecular weight is 440 g/mol. The highest BCUT2D eigenvalue weighted by Gasteiger charge is 2.29. The summed E-state index contributed by atoms with van der Waals surface area (Å²) in [7, 11) is 3.31. The molecular formula is C24H33N5O3. The lowest BCUT2D eigenvalue weighted by Gasteiger charge is -2.35. The van der Waals surface area contributed by atoms with Gasteiger partial charge in [-0.15, -0.1) is 0 Å². The van der Waals surface area contributed by atoms with Crippen LogP contribution in [0.1, 0.15) is 31.2 Å². The first-order valence-electron chi connectivity index (χ1n) is 11.4. The maximum atomic E-state index is 12.9. The molecule has 2 aliphatic rings. The van der Waals surface area contributed by atoms with Crippen LogP contribution in [-0.4, -0.2) is 67.2 Å². The van der Waals surface area contributed by atoms with Gasteiger partial charge in [0.2, 0.25) is 11.9 Å². The molecule has 1 aromatic carbocycles. The molecule has 1 atom stereocenters. The van der Waals surface area contributed by atoms with Gasteiger partial charge in [-0.05, 0) is 49.4 Å². The van der Waals surface area contributed by atoms with Gasteiger partial charge in [0.1, 0.15) is 0 Å². The predicted octanol–water partition coefficient (Wildman–Crippen LogP) is 2.49. The number of methoxy groups -OCH3 is 2. The SMILES string of the molecule is COc1ccc(CN2CCC(NC(=O)C3CCCN(c4ncccn4)C3)CC2)cc1OC. The third-order valence-corrected chi connectivity index (χ3v) is 6.42. The van der Waals surface area contributed by atoms with E-state index in [0.29, 0.717) is 12.5 Å². The number of likely N-dealkylation sites (tertiary alicyclic amines) is 1. The highest BCUT2D eigenvalue weighted by atomic mass is 16.5. The minimum atomic E-state index is -0.00245. The topological polar surface area (TPSA) is 79.8 Å².